The zero-order chi connectivity index (χ0) is 19.7. The van der Waals surface area contributed by atoms with E-state index >= 15 is 0 Å². The Morgan fingerprint density at radius 2 is 1.00 bits per heavy atom. The molecule has 27 heavy (non-hydrogen) atoms. The van der Waals surface area contributed by atoms with Crippen molar-refractivity contribution in [2.45, 2.75) is 32.0 Å². The first-order valence-electron chi connectivity index (χ1n) is 9.78. The third kappa shape index (κ3) is 3.97. The van der Waals surface area contributed by atoms with Gasteiger partial charge in [-0.05, 0) is 35.4 Å². The van der Waals surface area contributed by atoms with Crippen LogP contribution in [-0.4, -0.2) is 39.4 Å². The molecule has 0 unspecified atom stereocenters. The van der Waals surface area contributed by atoms with Gasteiger partial charge in [-0.3, -0.25) is 0 Å². The van der Waals surface area contributed by atoms with E-state index in [1.807, 2.05) is 0 Å². The summed E-state index contributed by atoms with van der Waals surface area (Å²) in [6.07, 6.45) is -0.344. The van der Waals surface area contributed by atoms with Crippen LogP contribution >= 0.6 is 0 Å². The van der Waals surface area contributed by atoms with Gasteiger partial charge in [-0.2, -0.15) is 0 Å². The van der Waals surface area contributed by atoms with E-state index in [1.54, 1.807) is 0 Å². The molecule has 1 aliphatic heterocycles. The Morgan fingerprint density at radius 1 is 0.667 bits per heavy atom. The predicted molar refractivity (Wildman–Crippen MR) is 114 cm³/mol. The van der Waals surface area contributed by atoms with Crippen LogP contribution in [0.2, 0.25) is 0 Å². The van der Waals surface area contributed by atoms with Crippen molar-refractivity contribution in [2.75, 3.05) is 38.0 Å². The Labute approximate surface area is 163 Å². The molecule has 4 heteroatoms. The summed E-state index contributed by atoms with van der Waals surface area (Å²) in [5.41, 5.74) is 4.84. The molecule has 0 radical (unpaired) electrons. The summed E-state index contributed by atoms with van der Waals surface area (Å²) in [5.74, 6) is 0.310. The van der Waals surface area contributed by atoms with E-state index in [0.717, 1.165) is 0 Å². The van der Waals surface area contributed by atoms with Crippen molar-refractivity contribution < 1.29 is 5.11 Å². The van der Waals surface area contributed by atoms with Crippen LogP contribution in [0.1, 0.15) is 37.1 Å². The number of nitrogens with one attached hydrogen (secondary N) is 1. The molecular weight excluding hydrogens is 334 g/mol. The van der Waals surface area contributed by atoms with Crippen molar-refractivity contribution in [1.29, 1.82) is 0 Å². The summed E-state index contributed by atoms with van der Waals surface area (Å²) in [5, 5.41) is 14.8. The molecule has 0 bridgehead atoms. The fraction of sp³-hybridized carbons (Fsp3) is 0.478. The van der Waals surface area contributed by atoms with E-state index in [0.29, 0.717) is 0 Å². The minimum Gasteiger partial charge on any atom is -0.392 e. The van der Waals surface area contributed by atoms with Crippen molar-refractivity contribution in [3.63, 3.8) is 0 Å². The second-order valence-corrected chi connectivity index (χ2v) is 8.30. The van der Waals surface area contributed by atoms with Crippen molar-refractivity contribution in [3.05, 3.63) is 59.7 Å². The highest BCUT2D eigenvalue weighted by molar-refractivity contribution is 5.48. The number of nitrogens with zero attached hydrogens (tertiary/aromatic N) is 2. The summed E-state index contributed by atoms with van der Waals surface area (Å²) in [4.78, 5) is 4.21. The highest BCUT2D eigenvalue weighted by atomic mass is 16.3. The summed E-state index contributed by atoms with van der Waals surface area (Å²) < 4.78 is 0. The first-order valence-corrected chi connectivity index (χ1v) is 9.78. The third-order valence-corrected chi connectivity index (χ3v) is 6.03. The van der Waals surface area contributed by atoms with Crippen molar-refractivity contribution in [2.24, 2.45) is 11.8 Å². The molecule has 0 aromatic heterocycles. The number of rotatable bonds is 4. The van der Waals surface area contributed by atoms with Gasteiger partial charge in [0, 0.05) is 63.5 Å². The Hall–Kier alpha value is -2.04. The van der Waals surface area contributed by atoms with Crippen molar-refractivity contribution in [1.82, 2.24) is 5.32 Å². The van der Waals surface area contributed by atoms with E-state index < -0.39 is 0 Å². The van der Waals surface area contributed by atoms with Gasteiger partial charge in [0.2, 0.25) is 0 Å². The molecule has 2 aromatic rings. The Balaban J connectivity index is 1.87. The molecule has 1 saturated heterocycles. The molecule has 0 saturated carbocycles. The zero-order valence-corrected chi connectivity index (χ0v) is 17.3. The van der Waals surface area contributed by atoms with Gasteiger partial charge in [-0.25, -0.2) is 0 Å². The molecule has 1 aliphatic rings. The van der Waals surface area contributed by atoms with Gasteiger partial charge in [0.05, 0.1) is 6.10 Å². The van der Waals surface area contributed by atoms with Crippen LogP contribution in [0, 0.1) is 11.8 Å². The highest BCUT2D eigenvalue weighted by Gasteiger charge is 2.40. The van der Waals surface area contributed by atoms with Gasteiger partial charge >= 0.3 is 0 Å². The summed E-state index contributed by atoms with van der Waals surface area (Å²) in [6.45, 7) is 4.29. The van der Waals surface area contributed by atoms with E-state index in [1.165, 1.54) is 22.5 Å². The van der Waals surface area contributed by atoms with Crippen molar-refractivity contribution >= 4 is 11.4 Å². The van der Waals surface area contributed by atoms with Crippen molar-refractivity contribution in [3.8, 4) is 0 Å². The van der Waals surface area contributed by atoms with Crippen LogP contribution in [0.3, 0.4) is 0 Å². The minimum atomic E-state index is -0.344. The fourth-order valence-corrected chi connectivity index (χ4v) is 4.13. The lowest BCUT2D eigenvalue weighted by Crippen LogP contribution is -2.48. The van der Waals surface area contributed by atoms with Crippen LogP contribution < -0.4 is 15.1 Å². The predicted octanol–water partition coefficient (Wildman–Crippen LogP) is 3.84. The van der Waals surface area contributed by atoms with E-state index in [9.17, 15) is 5.11 Å². The number of aliphatic hydroxyl groups excluding tert-OH is 1. The third-order valence-electron chi connectivity index (χ3n) is 6.03. The number of benzene rings is 2. The number of anilines is 2. The Morgan fingerprint density at radius 3 is 1.30 bits per heavy atom. The largest absolute Gasteiger partial charge is 0.392 e. The molecule has 4 atom stereocenters. The van der Waals surface area contributed by atoms with Gasteiger partial charge in [0.1, 0.15) is 0 Å². The van der Waals surface area contributed by atoms with Gasteiger partial charge in [0.25, 0.3) is 0 Å². The summed E-state index contributed by atoms with van der Waals surface area (Å²) in [6, 6.07) is 17.6. The molecule has 0 amide bonds. The van der Waals surface area contributed by atoms with Crippen LogP contribution in [-0.2, 0) is 0 Å². The van der Waals surface area contributed by atoms with Crippen LogP contribution in [0.4, 0.5) is 11.4 Å². The smallest absolute Gasteiger partial charge is 0.0627 e. The number of hydrogen-bond acceptors (Lipinski definition) is 4. The van der Waals surface area contributed by atoms with E-state index in [-0.39, 0.29) is 30.0 Å². The van der Waals surface area contributed by atoms with Gasteiger partial charge < -0.3 is 20.2 Å². The second kappa shape index (κ2) is 7.91. The molecule has 3 rings (SSSR count). The second-order valence-electron chi connectivity index (χ2n) is 8.30. The maximum atomic E-state index is 10.9. The molecule has 1 heterocycles. The minimum absolute atomic E-state index is 0.130. The molecule has 0 aliphatic carbocycles. The summed E-state index contributed by atoms with van der Waals surface area (Å²) >= 11 is 0. The fourth-order valence-electron chi connectivity index (χ4n) is 4.13. The molecular formula is C23H33N3O. The lowest BCUT2D eigenvalue weighted by atomic mass is 9.75. The van der Waals surface area contributed by atoms with Gasteiger partial charge in [-0.15, -0.1) is 0 Å². The zero-order valence-electron chi connectivity index (χ0n) is 17.3. The molecule has 4 nitrogen and oxygen atoms in total. The van der Waals surface area contributed by atoms with Crippen LogP contribution in [0.15, 0.2) is 48.5 Å². The Kier molecular flexibility index (Phi) is 5.78. The van der Waals surface area contributed by atoms with Gasteiger partial charge in [0.15, 0.2) is 0 Å². The molecule has 1 fully saturated rings. The maximum Gasteiger partial charge on any atom is 0.0627 e. The van der Waals surface area contributed by atoms with E-state index in [2.05, 4.69) is 106 Å². The molecule has 2 aromatic carbocycles. The number of aliphatic hydroxyl groups is 1. The average molecular weight is 368 g/mol. The number of piperidine rings is 1. The normalized spacial score (nSPS) is 28.0. The average Bonchev–Trinajstić information content (AvgIpc) is 2.66. The first kappa shape index (κ1) is 19.7. The quantitative estimate of drug-likeness (QED) is 0.861. The lowest BCUT2D eigenvalue weighted by molar-refractivity contribution is -0.00676. The van der Waals surface area contributed by atoms with Crippen LogP contribution in [0.25, 0.3) is 0 Å². The molecule has 2 N–H and O–H groups in total. The van der Waals surface area contributed by atoms with Crippen LogP contribution in [0.5, 0.6) is 0 Å². The van der Waals surface area contributed by atoms with Gasteiger partial charge in [-0.1, -0.05) is 38.1 Å². The lowest BCUT2D eigenvalue weighted by Gasteiger charge is -2.44. The standard InChI is InChI=1S/C23H33N3O/c1-15-21(17-7-11-19(12-8-17)25(3)4)24-22(16(2)23(15)27)18-9-13-20(14-10-18)26(5)6/h7-16,21-24,27H,1-6H3/t15-,16-,21-,22-/m0/s1. The Bertz CT molecular complexity index is 676. The topological polar surface area (TPSA) is 38.7 Å². The molecule has 146 valence electrons. The number of hydrogen-bond donors (Lipinski definition) is 2. The summed E-state index contributed by atoms with van der Waals surface area (Å²) in [7, 11) is 8.20. The van der Waals surface area contributed by atoms with E-state index in [4.69, 9.17) is 0 Å². The monoisotopic (exact) mass is 367 g/mol. The SMILES string of the molecule is C[C@@H]1C(O)[C@@H](C)[C@@H](c2ccc(N(C)C)cc2)N[C@@H]1c1ccc(N(C)C)cc1. The maximum absolute atomic E-state index is 10.9. The molecule has 0 spiro atoms. The highest BCUT2D eigenvalue weighted by Crippen LogP contribution is 2.41. The first-order chi connectivity index (χ1) is 12.8.